The normalized spacial score (nSPS) is 10.7. The van der Waals surface area contributed by atoms with Crippen LogP contribution in [-0.4, -0.2) is 19.3 Å². The Bertz CT molecular complexity index is 789. The molecule has 2 aromatic heterocycles. The monoisotopic (exact) mass is 252 g/mol. The number of hydrogen-bond acceptors (Lipinski definition) is 4. The molecule has 0 spiro atoms. The van der Waals surface area contributed by atoms with Gasteiger partial charge in [0.15, 0.2) is 0 Å². The number of anilines is 1. The van der Waals surface area contributed by atoms with Crippen molar-refractivity contribution in [1.29, 1.82) is 5.26 Å². The second-order valence-corrected chi connectivity index (χ2v) is 4.32. The number of fused-ring (bicyclic) bond motifs is 1. The molecule has 0 fully saturated rings. The lowest BCUT2D eigenvalue weighted by atomic mass is 10.2. The molecular formula is C13H12N6. The van der Waals surface area contributed by atoms with Crippen LogP contribution in [0.25, 0.3) is 11.0 Å². The molecule has 3 rings (SSSR count). The molecule has 0 amide bonds. The maximum absolute atomic E-state index is 8.97. The van der Waals surface area contributed by atoms with E-state index in [-0.39, 0.29) is 0 Å². The van der Waals surface area contributed by atoms with E-state index in [0.717, 1.165) is 16.7 Å². The molecule has 94 valence electrons. The van der Waals surface area contributed by atoms with Gasteiger partial charge in [0.1, 0.15) is 0 Å². The summed E-state index contributed by atoms with van der Waals surface area (Å²) in [4.78, 5) is 4.30. The molecule has 19 heavy (non-hydrogen) atoms. The minimum atomic E-state index is 0.436. The van der Waals surface area contributed by atoms with Crippen LogP contribution in [0.2, 0.25) is 0 Å². The third-order valence-corrected chi connectivity index (χ3v) is 3.15. The molecule has 3 aromatic rings. The van der Waals surface area contributed by atoms with Gasteiger partial charge in [-0.2, -0.15) is 10.4 Å². The first kappa shape index (κ1) is 11.3. The van der Waals surface area contributed by atoms with E-state index in [1.165, 1.54) is 0 Å². The highest BCUT2D eigenvalue weighted by molar-refractivity contribution is 5.79. The number of nitrogens with zero attached hydrogens (tertiary/aromatic N) is 5. The molecule has 2 N–H and O–H groups in total. The highest BCUT2D eigenvalue weighted by Crippen LogP contribution is 2.20. The van der Waals surface area contributed by atoms with Gasteiger partial charge in [-0.1, -0.05) is 0 Å². The Balaban J connectivity index is 2.15. The summed E-state index contributed by atoms with van der Waals surface area (Å²) >= 11 is 0. The van der Waals surface area contributed by atoms with Crippen LogP contribution >= 0.6 is 0 Å². The Hall–Kier alpha value is -2.81. The standard InChI is InChI=1S/C13H12N6/c1-18-10(4-5-16-18)8-19-12-6-9(7-14)2-3-11(12)17-13(19)15/h2-6H,8H2,1H3,(H2,15,17). The molecule has 0 unspecified atom stereocenters. The highest BCUT2D eigenvalue weighted by atomic mass is 15.3. The number of nitrogen functional groups attached to an aromatic ring is 1. The van der Waals surface area contributed by atoms with Gasteiger partial charge in [-0.25, -0.2) is 4.98 Å². The van der Waals surface area contributed by atoms with Gasteiger partial charge in [0.2, 0.25) is 5.95 Å². The fraction of sp³-hybridized carbons (Fsp3) is 0.154. The molecule has 0 aliphatic rings. The number of benzene rings is 1. The zero-order chi connectivity index (χ0) is 13.4. The summed E-state index contributed by atoms with van der Waals surface area (Å²) < 4.78 is 3.67. The quantitative estimate of drug-likeness (QED) is 0.744. The van der Waals surface area contributed by atoms with E-state index < -0.39 is 0 Å². The van der Waals surface area contributed by atoms with Crippen LogP contribution in [0.5, 0.6) is 0 Å². The van der Waals surface area contributed by atoms with Crippen molar-refractivity contribution in [3.05, 3.63) is 41.7 Å². The zero-order valence-corrected chi connectivity index (χ0v) is 10.4. The van der Waals surface area contributed by atoms with Crippen LogP contribution in [-0.2, 0) is 13.6 Å². The number of hydrogen-bond donors (Lipinski definition) is 1. The maximum atomic E-state index is 8.97. The number of imidazole rings is 1. The summed E-state index contributed by atoms with van der Waals surface area (Å²) in [5.74, 6) is 0.436. The van der Waals surface area contributed by atoms with E-state index in [1.54, 1.807) is 23.0 Å². The van der Waals surface area contributed by atoms with Crippen molar-refractivity contribution in [2.24, 2.45) is 7.05 Å². The molecular weight excluding hydrogens is 240 g/mol. The van der Waals surface area contributed by atoms with Gasteiger partial charge in [0, 0.05) is 13.2 Å². The molecule has 6 nitrogen and oxygen atoms in total. The summed E-state index contributed by atoms with van der Waals surface area (Å²) in [7, 11) is 1.88. The lowest BCUT2D eigenvalue weighted by Crippen LogP contribution is -2.08. The molecule has 1 aromatic carbocycles. The Kier molecular flexibility index (Phi) is 2.46. The smallest absolute Gasteiger partial charge is 0.201 e. The fourth-order valence-corrected chi connectivity index (χ4v) is 2.10. The SMILES string of the molecule is Cn1nccc1Cn1c(N)nc2ccc(C#N)cc21. The van der Waals surface area contributed by atoms with Crippen LogP contribution in [0.3, 0.4) is 0 Å². The number of rotatable bonds is 2. The summed E-state index contributed by atoms with van der Waals surface area (Å²) in [5, 5.41) is 13.1. The van der Waals surface area contributed by atoms with E-state index in [9.17, 15) is 0 Å². The largest absolute Gasteiger partial charge is 0.369 e. The topological polar surface area (TPSA) is 85.4 Å². The average Bonchev–Trinajstić information content (AvgIpc) is 2.94. The van der Waals surface area contributed by atoms with E-state index in [4.69, 9.17) is 11.0 Å². The second-order valence-electron chi connectivity index (χ2n) is 4.32. The van der Waals surface area contributed by atoms with Gasteiger partial charge in [-0.15, -0.1) is 0 Å². The first-order valence-corrected chi connectivity index (χ1v) is 5.82. The van der Waals surface area contributed by atoms with Crippen LogP contribution in [0, 0.1) is 11.3 Å². The van der Waals surface area contributed by atoms with Crippen molar-refractivity contribution in [2.45, 2.75) is 6.54 Å². The third-order valence-electron chi connectivity index (χ3n) is 3.15. The molecule has 2 heterocycles. The Morgan fingerprint density at radius 2 is 2.21 bits per heavy atom. The molecule has 0 saturated carbocycles. The number of aromatic nitrogens is 4. The van der Waals surface area contributed by atoms with Gasteiger partial charge in [0.05, 0.1) is 34.9 Å². The van der Waals surface area contributed by atoms with Crippen molar-refractivity contribution in [3.63, 3.8) is 0 Å². The van der Waals surface area contributed by atoms with Crippen molar-refractivity contribution in [3.8, 4) is 6.07 Å². The molecule has 0 bridgehead atoms. The Labute approximate surface area is 109 Å². The molecule has 0 aliphatic carbocycles. The van der Waals surface area contributed by atoms with Crippen LogP contribution in [0.4, 0.5) is 5.95 Å². The van der Waals surface area contributed by atoms with E-state index >= 15 is 0 Å². The zero-order valence-electron chi connectivity index (χ0n) is 10.4. The number of aryl methyl sites for hydroxylation is 1. The summed E-state index contributed by atoms with van der Waals surface area (Å²) in [6, 6.07) is 9.41. The molecule has 0 aliphatic heterocycles. The summed E-state index contributed by atoms with van der Waals surface area (Å²) in [6.45, 7) is 0.577. The minimum Gasteiger partial charge on any atom is -0.369 e. The molecule has 0 atom stereocenters. The van der Waals surface area contributed by atoms with Crippen molar-refractivity contribution in [2.75, 3.05) is 5.73 Å². The van der Waals surface area contributed by atoms with Crippen molar-refractivity contribution in [1.82, 2.24) is 19.3 Å². The van der Waals surface area contributed by atoms with Crippen molar-refractivity contribution >= 4 is 17.0 Å². The Morgan fingerprint density at radius 1 is 1.37 bits per heavy atom. The predicted octanol–water partition coefficient (Wildman–Crippen LogP) is 1.27. The first-order chi connectivity index (χ1) is 9.19. The van der Waals surface area contributed by atoms with Gasteiger partial charge in [0.25, 0.3) is 0 Å². The van der Waals surface area contributed by atoms with Crippen LogP contribution in [0.1, 0.15) is 11.3 Å². The van der Waals surface area contributed by atoms with Crippen LogP contribution in [0.15, 0.2) is 30.5 Å². The number of nitriles is 1. The Morgan fingerprint density at radius 3 is 2.89 bits per heavy atom. The second kappa shape index (κ2) is 4.14. The lowest BCUT2D eigenvalue weighted by Gasteiger charge is -2.06. The van der Waals surface area contributed by atoms with Crippen molar-refractivity contribution < 1.29 is 0 Å². The first-order valence-electron chi connectivity index (χ1n) is 5.82. The van der Waals surface area contributed by atoms with Crippen LogP contribution < -0.4 is 5.73 Å². The third kappa shape index (κ3) is 1.81. The van der Waals surface area contributed by atoms with E-state index in [0.29, 0.717) is 18.1 Å². The lowest BCUT2D eigenvalue weighted by molar-refractivity contribution is 0.678. The van der Waals surface area contributed by atoms with Gasteiger partial charge in [-0.05, 0) is 24.3 Å². The minimum absolute atomic E-state index is 0.436. The molecule has 0 saturated heterocycles. The summed E-state index contributed by atoms with van der Waals surface area (Å²) in [5.41, 5.74) is 9.22. The fourth-order valence-electron chi connectivity index (χ4n) is 2.10. The van der Waals surface area contributed by atoms with Gasteiger partial charge >= 0.3 is 0 Å². The summed E-state index contributed by atoms with van der Waals surface area (Å²) in [6.07, 6.45) is 1.74. The van der Waals surface area contributed by atoms with Gasteiger partial charge < -0.3 is 10.3 Å². The predicted molar refractivity (Wildman–Crippen MR) is 71.2 cm³/mol. The number of nitrogens with two attached hydrogens (primary N) is 1. The average molecular weight is 252 g/mol. The highest BCUT2D eigenvalue weighted by Gasteiger charge is 2.10. The molecule has 6 heteroatoms. The van der Waals surface area contributed by atoms with Gasteiger partial charge in [-0.3, -0.25) is 4.68 Å². The van der Waals surface area contributed by atoms with E-state index in [2.05, 4.69) is 16.2 Å². The molecule has 0 radical (unpaired) electrons. The van der Waals surface area contributed by atoms with E-state index in [1.807, 2.05) is 23.7 Å². The maximum Gasteiger partial charge on any atom is 0.201 e.